The molecule has 0 amide bonds. The standard InChI is InChI=1S/C38H69NO7/c1-6-8-10-12-14-16-17-18-19-21-22-24-26-28-36(40)45-33-34(32-44-31-30-35(38(42)43)39(3,4)5)46-37(41)29-27-25-23-20-15-13-11-9-7-2/h18-20,23,34-35H,6-17,21-22,24-33H2,1-5H3/p+1/b19-18+,23-20+. The summed E-state index contributed by atoms with van der Waals surface area (Å²) in [5.41, 5.74) is 0. The van der Waals surface area contributed by atoms with Crippen LogP contribution in [-0.4, -0.2) is 80.6 Å². The maximum Gasteiger partial charge on any atom is 0.362 e. The number of nitrogens with zero attached hydrogens (tertiary/aromatic N) is 1. The number of hydrogen-bond donors (Lipinski definition) is 1. The minimum Gasteiger partial charge on any atom is -0.477 e. The van der Waals surface area contributed by atoms with Crippen LogP contribution in [0.1, 0.15) is 149 Å². The zero-order valence-electron chi connectivity index (χ0n) is 30.3. The number of hydrogen-bond acceptors (Lipinski definition) is 6. The van der Waals surface area contributed by atoms with E-state index in [0.29, 0.717) is 19.3 Å². The number of quaternary nitrogens is 1. The van der Waals surface area contributed by atoms with Crippen molar-refractivity contribution in [1.82, 2.24) is 0 Å². The van der Waals surface area contributed by atoms with Gasteiger partial charge < -0.3 is 23.8 Å². The van der Waals surface area contributed by atoms with Crippen LogP contribution >= 0.6 is 0 Å². The first-order valence-electron chi connectivity index (χ1n) is 18.4. The molecule has 0 heterocycles. The molecule has 0 saturated carbocycles. The molecule has 2 unspecified atom stereocenters. The van der Waals surface area contributed by atoms with Crippen LogP contribution in [0.3, 0.4) is 0 Å². The van der Waals surface area contributed by atoms with E-state index in [2.05, 4.69) is 38.2 Å². The zero-order valence-corrected chi connectivity index (χ0v) is 30.3. The first-order chi connectivity index (χ1) is 22.1. The van der Waals surface area contributed by atoms with E-state index in [1.165, 1.54) is 64.2 Å². The predicted molar refractivity (Wildman–Crippen MR) is 188 cm³/mol. The highest BCUT2D eigenvalue weighted by Crippen LogP contribution is 2.12. The van der Waals surface area contributed by atoms with E-state index in [1.54, 1.807) is 0 Å². The van der Waals surface area contributed by atoms with Crippen molar-refractivity contribution in [1.29, 1.82) is 0 Å². The van der Waals surface area contributed by atoms with Crippen molar-refractivity contribution in [3.05, 3.63) is 24.3 Å². The molecule has 268 valence electrons. The van der Waals surface area contributed by atoms with E-state index in [4.69, 9.17) is 14.2 Å². The molecule has 0 aromatic carbocycles. The Morgan fingerprint density at radius 2 is 1.11 bits per heavy atom. The molecule has 0 aromatic rings. The average molecular weight is 653 g/mol. The fourth-order valence-electron chi connectivity index (χ4n) is 5.15. The minimum atomic E-state index is -0.882. The lowest BCUT2D eigenvalue weighted by Crippen LogP contribution is -2.50. The average Bonchev–Trinajstić information content (AvgIpc) is 3.00. The van der Waals surface area contributed by atoms with Crippen LogP contribution in [0.2, 0.25) is 0 Å². The Bertz CT molecular complexity index is 818. The number of esters is 2. The molecule has 2 atom stereocenters. The number of aliphatic carboxylic acids is 1. The Balaban J connectivity index is 4.48. The molecule has 0 aliphatic rings. The van der Waals surface area contributed by atoms with Gasteiger partial charge in [0.2, 0.25) is 0 Å². The Labute approximate surface area is 281 Å². The molecule has 1 N–H and O–H groups in total. The second kappa shape index (κ2) is 30.2. The third kappa shape index (κ3) is 28.1. The third-order valence-corrected chi connectivity index (χ3v) is 8.07. The van der Waals surface area contributed by atoms with Gasteiger partial charge in [-0.1, -0.05) is 95.9 Å². The largest absolute Gasteiger partial charge is 0.477 e. The van der Waals surface area contributed by atoms with Gasteiger partial charge in [-0.05, 0) is 57.8 Å². The smallest absolute Gasteiger partial charge is 0.362 e. The molecule has 0 spiro atoms. The van der Waals surface area contributed by atoms with Gasteiger partial charge in [-0.15, -0.1) is 0 Å². The maximum atomic E-state index is 12.5. The summed E-state index contributed by atoms with van der Waals surface area (Å²) in [6.45, 7) is 4.63. The number of carboxylic acid groups (broad SMARTS) is 1. The first-order valence-corrected chi connectivity index (χ1v) is 18.4. The molecule has 0 fully saturated rings. The number of unbranched alkanes of at least 4 members (excludes halogenated alkanes) is 14. The number of carboxylic acids is 1. The van der Waals surface area contributed by atoms with Gasteiger partial charge in [-0.2, -0.15) is 0 Å². The SMILES string of the molecule is CCCCCC/C=C/CCCC(=O)OC(COCCC(C(=O)O)[N+](C)(C)C)COC(=O)CCCCC/C=C/CCCCCCCC. The van der Waals surface area contributed by atoms with Gasteiger partial charge >= 0.3 is 17.9 Å². The number of likely N-dealkylation sites (N-methyl/N-ethyl adjacent to an activating group) is 1. The molecule has 0 bridgehead atoms. The van der Waals surface area contributed by atoms with E-state index >= 15 is 0 Å². The molecule has 0 rings (SSSR count). The minimum absolute atomic E-state index is 0.0469. The lowest BCUT2D eigenvalue weighted by Gasteiger charge is -2.31. The van der Waals surface area contributed by atoms with E-state index in [-0.39, 0.29) is 42.7 Å². The van der Waals surface area contributed by atoms with Gasteiger partial charge in [0.05, 0.1) is 34.4 Å². The number of rotatable bonds is 32. The molecule has 0 aliphatic carbocycles. The number of allylic oxidation sites excluding steroid dienone is 4. The quantitative estimate of drug-likeness (QED) is 0.0335. The van der Waals surface area contributed by atoms with Gasteiger partial charge in [0.1, 0.15) is 6.61 Å². The van der Waals surface area contributed by atoms with Crippen LogP contribution < -0.4 is 0 Å². The van der Waals surface area contributed by atoms with Crippen LogP contribution in [0.5, 0.6) is 0 Å². The highest BCUT2D eigenvalue weighted by atomic mass is 16.6. The van der Waals surface area contributed by atoms with Crippen molar-refractivity contribution in [3.63, 3.8) is 0 Å². The molecular weight excluding hydrogens is 582 g/mol. The lowest BCUT2D eigenvalue weighted by molar-refractivity contribution is -0.887. The molecule has 0 saturated heterocycles. The summed E-state index contributed by atoms with van der Waals surface area (Å²) in [6, 6.07) is -0.616. The Morgan fingerprint density at radius 1 is 0.630 bits per heavy atom. The summed E-state index contributed by atoms with van der Waals surface area (Å²) in [4.78, 5) is 36.6. The van der Waals surface area contributed by atoms with Crippen molar-refractivity contribution in [2.45, 2.75) is 161 Å². The molecule has 8 heteroatoms. The summed E-state index contributed by atoms with van der Waals surface area (Å²) < 4.78 is 17.1. The summed E-state index contributed by atoms with van der Waals surface area (Å²) >= 11 is 0. The summed E-state index contributed by atoms with van der Waals surface area (Å²) in [5, 5.41) is 9.55. The zero-order chi connectivity index (χ0) is 34.3. The lowest BCUT2D eigenvalue weighted by atomic mass is 10.1. The van der Waals surface area contributed by atoms with Crippen LogP contribution in [-0.2, 0) is 28.6 Å². The molecule has 46 heavy (non-hydrogen) atoms. The van der Waals surface area contributed by atoms with Crippen LogP contribution in [0.15, 0.2) is 24.3 Å². The molecule has 0 aromatic heterocycles. The summed E-state index contributed by atoms with van der Waals surface area (Å²) in [6.07, 6.45) is 29.5. The Kier molecular flexibility index (Phi) is 28.7. The number of ether oxygens (including phenoxy) is 3. The third-order valence-electron chi connectivity index (χ3n) is 8.07. The first kappa shape index (κ1) is 43.8. The molecular formula is C38H70NO7+. The second-order valence-corrected chi connectivity index (χ2v) is 13.5. The van der Waals surface area contributed by atoms with Gasteiger partial charge in [-0.3, -0.25) is 9.59 Å². The van der Waals surface area contributed by atoms with Gasteiger partial charge in [-0.25, -0.2) is 4.79 Å². The van der Waals surface area contributed by atoms with Crippen molar-refractivity contribution < 1.29 is 38.2 Å². The molecule has 8 nitrogen and oxygen atoms in total. The summed E-state index contributed by atoms with van der Waals surface area (Å²) in [7, 11) is 5.50. The van der Waals surface area contributed by atoms with Crippen LogP contribution in [0.4, 0.5) is 0 Å². The van der Waals surface area contributed by atoms with Crippen molar-refractivity contribution >= 4 is 17.9 Å². The maximum absolute atomic E-state index is 12.5. The van der Waals surface area contributed by atoms with Crippen molar-refractivity contribution in [2.75, 3.05) is 41.0 Å². The van der Waals surface area contributed by atoms with Crippen molar-refractivity contribution in [3.8, 4) is 0 Å². The highest BCUT2D eigenvalue weighted by Gasteiger charge is 2.31. The normalized spacial score (nSPS) is 13.3. The van der Waals surface area contributed by atoms with Crippen LogP contribution in [0, 0.1) is 0 Å². The fourth-order valence-corrected chi connectivity index (χ4v) is 5.15. The number of carbonyl (C=O) groups is 3. The fraction of sp³-hybridized carbons (Fsp3) is 0.816. The Hall–Kier alpha value is -2.19. The summed E-state index contributed by atoms with van der Waals surface area (Å²) in [5.74, 6) is -1.53. The molecule has 0 aliphatic heterocycles. The number of carbonyl (C=O) groups excluding carboxylic acids is 2. The Morgan fingerprint density at radius 3 is 1.65 bits per heavy atom. The van der Waals surface area contributed by atoms with Gasteiger partial charge in [0.15, 0.2) is 12.1 Å². The van der Waals surface area contributed by atoms with E-state index in [0.717, 1.165) is 44.9 Å². The van der Waals surface area contributed by atoms with Gasteiger partial charge in [0, 0.05) is 19.3 Å². The monoisotopic (exact) mass is 653 g/mol. The van der Waals surface area contributed by atoms with E-state index < -0.39 is 18.1 Å². The van der Waals surface area contributed by atoms with E-state index in [1.807, 2.05) is 21.1 Å². The second-order valence-electron chi connectivity index (χ2n) is 13.5. The molecule has 0 radical (unpaired) electrons. The van der Waals surface area contributed by atoms with Crippen LogP contribution in [0.25, 0.3) is 0 Å². The van der Waals surface area contributed by atoms with Crippen molar-refractivity contribution in [2.24, 2.45) is 0 Å². The topological polar surface area (TPSA) is 99.1 Å². The predicted octanol–water partition coefficient (Wildman–Crippen LogP) is 8.96. The van der Waals surface area contributed by atoms with E-state index in [9.17, 15) is 19.5 Å². The van der Waals surface area contributed by atoms with Gasteiger partial charge in [0.25, 0.3) is 0 Å². The highest BCUT2D eigenvalue weighted by molar-refractivity contribution is 5.72.